The predicted molar refractivity (Wildman–Crippen MR) is 90.0 cm³/mol. The highest BCUT2D eigenvalue weighted by Gasteiger charge is 2.31. The Morgan fingerprint density at radius 3 is 2.70 bits per heavy atom. The highest BCUT2D eigenvalue weighted by Crippen LogP contribution is 2.46. The molecule has 0 N–H and O–H groups in total. The van der Waals surface area contributed by atoms with Gasteiger partial charge < -0.3 is 4.74 Å². The zero-order chi connectivity index (χ0) is 14.3. The van der Waals surface area contributed by atoms with E-state index >= 15 is 0 Å². The Hall–Kier alpha value is -0.800. The lowest BCUT2D eigenvalue weighted by atomic mass is 9.91. The number of benzene rings is 2. The van der Waals surface area contributed by atoms with Crippen LogP contribution < -0.4 is 4.74 Å². The first-order chi connectivity index (χ1) is 9.58. The van der Waals surface area contributed by atoms with E-state index in [1.165, 1.54) is 26.7 Å². The number of ether oxygens (including phenoxy) is 1. The van der Waals surface area contributed by atoms with Crippen LogP contribution in [-0.4, -0.2) is 6.61 Å². The minimum Gasteiger partial charge on any atom is -0.493 e. The number of aryl methyl sites for hydroxylation is 2. The van der Waals surface area contributed by atoms with Gasteiger partial charge in [-0.05, 0) is 42.7 Å². The van der Waals surface area contributed by atoms with Crippen LogP contribution in [0.2, 0.25) is 0 Å². The van der Waals surface area contributed by atoms with E-state index in [2.05, 4.69) is 76.0 Å². The summed E-state index contributed by atoms with van der Waals surface area (Å²) in [6.07, 6.45) is 0. The van der Waals surface area contributed by atoms with Gasteiger partial charge in [0.1, 0.15) is 5.75 Å². The fourth-order valence-electron chi connectivity index (χ4n) is 2.75. The standard InChI is InChI=1S/C17H16Br2O/c1-10-8-15(18)11(2)7-13(10)17(19)14-9-20-16-6-4-3-5-12(14)16/h3-8,14,17H,9H2,1-2H3. The van der Waals surface area contributed by atoms with Crippen molar-refractivity contribution in [1.82, 2.24) is 0 Å². The van der Waals surface area contributed by atoms with Crippen LogP contribution in [0.3, 0.4) is 0 Å². The minimum absolute atomic E-state index is 0.276. The zero-order valence-corrected chi connectivity index (χ0v) is 14.7. The maximum atomic E-state index is 5.81. The summed E-state index contributed by atoms with van der Waals surface area (Å²) in [6, 6.07) is 12.8. The number of rotatable bonds is 2. The normalized spacial score (nSPS) is 18.5. The lowest BCUT2D eigenvalue weighted by Crippen LogP contribution is -2.09. The summed E-state index contributed by atoms with van der Waals surface area (Å²) < 4.78 is 6.98. The largest absolute Gasteiger partial charge is 0.493 e. The molecule has 1 heterocycles. The fourth-order valence-corrected chi connectivity index (χ4v) is 4.14. The molecular weight excluding hydrogens is 380 g/mol. The topological polar surface area (TPSA) is 9.23 Å². The number of hydrogen-bond donors (Lipinski definition) is 0. The molecule has 104 valence electrons. The Morgan fingerprint density at radius 2 is 1.90 bits per heavy atom. The molecule has 1 nitrogen and oxygen atoms in total. The molecule has 0 radical (unpaired) electrons. The van der Waals surface area contributed by atoms with E-state index in [0.717, 1.165) is 12.4 Å². The summed E-state index contributed by atoms with van der Waals surface area (Å²) in [4.78, 5) is 0.276. The molecule has 3 rings (SSSR count). The van der Waals surface area contributed by atoms with Gasteiger partial charge in [-0.1, -0.05) is 56.1 Å². The number of hydrogen-bond acceptors (Lipinski definition) is 1. The maximum Gasteiger partial charge on any atom is 0.122 e. The molecule has 1 aliphatic rings. The van der Waals surface area contributed by atoms with Crippen LogP contribution in [0.1, 0.15) is 33.0 Å². The van der Waals surface area contributed by atoms with Gasteiger partial charge in [-0.25, -0.2) is 0 Å². The zero-order valence-electron chi connectivity index (χ0n) is 11.5. The van der Waals surface area contributed by atoms with Crippen molar-refractivity contribution >= 4 is 31.9 Å². The lowest BCUT2D eigenvalue weighted by molar-refractivity contribution is 0.329. The number of halogens is 2. The van der Waals surface area contributed by atoms with Crippen LogP contribution in [0.5, 0.6) is 5.75 Å². The lowest BCUT2D eigenvalue weighted by Gasteiger charge is -2.20. The smallest absolute Gasteiger partial charge is 0.122 e. The summed E-state index contributed by atoms with van der Waals surface area (Å²) in [5.74, 6) is 1.39. The van der Waals surface area contributed by atoms with Crippen LogP contribution in [0.15, 0.2) is 40.9 Å². The number of alkyl halides is 1. The molecule has 0 aromatic heterocycles. The summed E-state index contributed by atoms with van der Waals surface area (Å²) in [7, 11) is 0. The molecule has 0 fully saturated rings. The van der Waals surface area contributed by atoms with Crippen molar-refractivity contribution in [3.63, 3.8) is 0 Å². The Labute approximate surface area is 136 Å². The van der Waals surface area contributed by atoms with Gasteiger partial charge in [0.25, 0.3) is 0 Å². The Balaban J connectivity index is 1.98. The van der Waals surface area contributed by atoms with Gasteiger partial charge in [0.05, 0.1) is 11.4 Å². The second-order valence-corrected chi connectivity index (χ2v) is 7.16. The van der Waals surface area contributed by atoms with Crippen molar-refractivity contribution in [3.8, 4) is 5.75 Å². The highest BCUT2D eigenvalue weighted by molar-refractivity contribution is 9.10. The van der Waals surface area contributed by atoms with E-state index in [0.29, 0.717) is 5.92 Å². The van der Waals surface area contributed by atoms with Crippen molar-refractivity contribution in [2.75, 3.05) is 6.61 Å². The van der Waals surface area contributed by atoms with Crippen molar-refractivity contribution in [1.29, 1.82) is 0 Å². The maximum absolute atomic E-state index is 5.81. The van der Waals surface area contributed by atoms with Crippen LogP contribution in [0, 0.1) is 13.8 Å². The number of fused-ring (bicyclic) bond motifs is 1. The van der Waals surface area contributed by atoms with Crippen LogP contribution in [0.25, 0.3) is 0 Å². The Bertz CT molecular complexity index is 651. The first kappa shape index (κ1) is 14.2. The van der Waals surface area contributed by atoms with Gasteiger partial charge in [-0.15, -0.1) is 0 Å². The van der Waals surface area contributed by atoms with E-state index < -0.39 is 0 Å². The quantitative estimate of drug-likeness (QED) is 0.594. The van der Waals surface area contributed by atoms with E-state index in [-0.39, 0.29) is 4.83 Å². The number of para-hydroxylation sites is 1. The van der Waals surface area contributed by atoms with Gasteiger partial charge in [-0.3, -0.25) is 0 Å². The summed E-state index contributed by atoms with van der Waals surface area (Å²) >= 11 is 7.50. The first-order valence-corrected chi connectivity index (χ1v) is 8.41. The molecule has 2 unspecified atom stereocenters. The van der Waals surface area contributed by atoms with Crippen LogP contribution in [-0.2, 0) is 0 Å². The van der Waals surface area contributed by atoms with E-state index in [9.17, 15) is 0 Å². The monoisotopic (exact) mass is 394 g/mol. The summed E-state index contributed by atoms with van der Waals surface area (Å²) in [5, 5.41) is 0. The minimum atomic E-state index is 0.276. The molecule has 1 aliphatic heterocycles. The molecule has 0 saturated carbocycles. The highest BCUT2D eigenvalue weighted by atomic mass is 79.9. The molecular formula is C17H16Br2O. The van der Waals surface area contributed by atoms with E-state index in [1.54, 1.807) is 0 Å². The third-order valence-electron chi connectivity index (χ3n) is 3.93. The van der Waals surface area contributed by atoms with Gasteiger partial charge in [-0.2, -0.15) is 0 Å². The SMILES string of the molecule is Cc1cc(C(Br)C2COc3ccccc32)c(C)cc1Br. The van der Waals surface area contributed by atoms with Gasteiger partial charge in [0.15, 0.2) is 0 Å². The van der Waals surface area contributed by atoms with Gasteiger partial charge >= 0.3 is 0 Å². The second kappa shape index (κ2) is 5.53. The van der Waals surface area contributed by atoms with Crippen molar-refractivity contribution in [2.45, 2.75) is 24.6 Å². The van der Waals surface area contributed by atoms with Crippen molar-refractivity contribution < 1.29 is 4.74 Å². The molecule has 3 heteroatoms. The first-order valence-electron chi connectivity index (χ1n) is 6.70. The molecule has 0 bridgehead atoms. The molecule has 0 spiro atoms. The molecule has 2 atom stereocenters. The molecule has 0 saturated heterocycles. The Morgan fingerprint density at radius 1 is 1.15 bits per heavy atom. The predicted octanol–water partition coefficient (Wildman–Crippen LogP) is 5.68. The van der Waals surface area contributed by atoms with Crippen molar-refractivity contribution in [2.24, 2.45) is 0 Å². The summed E-state index contributed by atoms with van der Waals surface area (Å²) in [6.45, 7) is 5.03. The van der Waals surface area contributed by atoms with Gasteiger partial charge in [0, 0.05) is 16.0 Å². The molecule has 0 amide bonds. The van der Waals surface area contributed by atoms with E-state index in [1.807, 2.05) is 6.07 Å². The van der Waals surface area contributed by atoms with Crippen molar-refractivity contribution in [3.05, 3.63) is 63.1 Å². The molecule has 2 aromatic rings. The summed E-state index contributed by atoms with van der Waals surface area (Å²) in [5.41, 5.74) is 5.21. The van der Waals surface area contributed by atoms with E-state index in [4.69, 9.17) is 4.74 Å². The second-order valence-electron chi connectivity index (χ2n) is 5.32. The van der Waals surface area contributed by atoms with Crippen LogP contribution >= 0.6 is 31.9 Å². The fraction of sp³-hybridized carbons (Fsp3) is 0.294. The average Bonchev–Trinajstić information content (AvgIpc) is 2.86. The molecule has 0 aliphatic carbocycles. The molecule has 20 heavy (non-hydrogen) atoms. The van der Waals surface area contributed by atoms with Crippen LogP contribution in [0.4, 0.5) is 0 Å². The third-order valence-corrected chi connectivity index (χ3v) is 5.92. The third kappa shape index (κ3) is 2.42. The van der Waals surface area contributed by atoms with Gasteiger partial charge in [0.2, 0.25) is 0 Å². The molecule has 2 aromatic carbocycles. The Kier molecular flexibility index (Phi) is 3.91. The average molecular weight is 396 g/mol.